The molecule has 1 N–H and O–H groups in total. The minimum absolute atomic E-state index is 0.0433. The zero-order valence-electron chi connectivity index (χ0n) is 17.0. The maximum absolute atomic E-state index is 13.2. The van der Waals surface area contributed by atoms with Gasteiger partial charge in [0.05, 0.1) is 6.04 Å². The maximum atomic E-state index is 13.2. The van der Waals surface area contributed by atoms with Crippen molar-refractivity contribution in [1.82, 2.24) is 30.1 Å². The highest BCUT2D eigenvalue weighted by atomic mass is 16.1. The van der Waals surface area contributed by atoms with Crippen LogP contribution in [0.2, 0.25) is 0 Å². The van der Waals surface area contributed by atoms with Gasteiger partial charge in [-0.05, 0) is 79.2 Å². The Morgan fingerprint density at radius 3 is 2.66 bits per heavy atom. The third-order valence-corrected chi connectivity index (χ3v) is 6.51. The Morgan fingerprint density at radius 1 is 1.07 bits per heavy atom. The van der Waals surface area contributed by atoms with Crippen LogP contribution < -0.4 is 5.56 Å². The summed E-state index contributed by atoms with van der Waals surface area (Å²) in [5.41, 5.74) is 2.72. The van der Waals surface area contributed by atoms with E-state index in [0.29, 0.717) is 6.04 Å². The van der Waals surface area contributed by atoms with Gasteiger partial charge in [0.15, 0.2) is 5.82 Å². The highest BCUT2D eigenvalue weighted by Gasteiger charge is 2.33. The van der Waals surface area contributed by atoms with Crippen LogP contribution in [0.3, 0.4) is 0 Å². The number of likely N-dealkylation sites (tertiary alicyclic amines) is 1. The molecule has 1 saturated carbocycles. The Bertz CT molecular complexity index is 1060. The van der Waals surface area contributed by atoms with Gasteiger partial charge in [-0.15, -0.1) is 5.10 Å². The molecule has 0 radical (unpaired) electrons. The number of H-pyrrole nitrogens is 1. The minimum Gasteiger partial charge on any atom is -0.322 e. The van der Waals surface area contributed by atoms with Gasteiger partial charge in [-0.1, -0.05) is 31.4 Å². The number of fused-ring (bicyclic) bond motifs is 1. The van der Waals surface area contributed by atoms with Crippen LogP contribution in [0.4, 0.5) is 0 Å². The molecule has 7 nitrogen and oxygen atoms in total. The van der Waals surface area contributed by atoms with Crippen LogP contribution >= 0.6 is 0 Å². The van der Waals surface area contributed by atoms with Gasteiger partial charge >= 0.3 is 0 Å². The summed E-state index contributed by atoms with van der Waals surface area (Å²) in [6.07, 6.45) is 8.23. The van der Waals surface area contributed by atoms with Gasteiger partial charge in [0.2, 0.25) is 0 Å². The standard InChI is InChI=1S/C22H28N6O/c1-15-9-10-16-14-18(22(29)23-19(16)13-15)20(27-11-5-6-12-27)21-24-25-26-28(21)17-7-3-2-4-8-17/h9-10,13-14,17,20H,2-8,11-12H2,1H3,(H,23,29). The van der Waals surface area contributed by atoms with Crippen LogP contribution in [0.15, 0.2) is 29.1 Å². The highest BCUT2D eigenvalue weighted by Crippen LogP contribution is 2.34. The lowest BCUT2D eigenvalue weighted by atomic mass is 9.95. The Balaban J connectivity index is 1.63. The van der Waals surface area contributed by atoms with Gasteiger partial charge in [0.1, 0.15) is 6.04 Å². The van der Waals surface area contributed by atoms with E-state index in [1.54, 1.807) is 0 Å². The van der Waals surface area contributed by atoms with Crippen LogP contribution in [-0.2, 0) is 0 Å². The fourth-order valence-electron chi connectivity index (χ4n) is 5.00. The van der Waals surface area contributed by atoms with Gasteiger partial charge in [0, 0.05) is 11.1 Å². The molecule has 1 saturated heterocycles. The van der Waals surface area contributed by atoms with E-state index < -0.39 is 0 Å². The van der Waals surface area contributed by atoms with Gasteiger partial charge in [0.25, 0.3) is 5.56 Å². The molecule has 1 aromatic carbocycles. The molecular formula is C22H28N6O. The number of aryl methyl sites for hydroxylation is 1. The number of benzene rings is 1. The fourth-order valence-corrected chi connectivity index (χ4v) is 5.00. The summed E-state index contributed by atoms with van der Waals surface area (Å²) < 4.78 is 2.01. The zero-order valence-corrected chi connectivity index (χ0v) is 17.0. The average Bonchev–Trinajstić information content (AvgIpc) is 3.42. The molecule has 2 aromatic heterocycles. The van der Waals surface area contributed by atoms with Crippen molar-refractivity contribution in [3.63, 3.8) is 0 Å². The lowest BCUT2D eigenvalue weighted by molar-refractivity contribution is 0.243. The smallest absolute Gasteiger partial charge is 0.253 e. The van der Waals surface area contributed by atoms with Crippen molar-refractivity contribution >= 4 is 10.9 Å². The van der Waals surface area contributed by atoms with Crippen molar-refractivity contribution in [2.45, 2.75) is 64.0 Å². The van der Waals surface area contributed by atoms with Crippen LogP contribution in [0.5, 0.6) is 0 Å². The second kappa shape index (κ2) is 7.71. The van der Waals surface area contributed by atoms with Crippen LogP contribution in [0.1, 0.15) is 74.0 Å². The molecule has 5 rings (SSSR count). The molecule has 1 aliphatic carbocycles. The number of hydrogen-bond donors (Lipinski definition) is 1. The number of nitrogens with zero attached hydrogens (tertiary/aromatic N) is 5. The minimum atomic E-state index is -0.205. The van der Waals surface area contributed by atoms with Crippen molar-refractivity contribution < 1.29 is 0 Å². The number of rotatable bonds is 4. The fraction of sp³-hybridized carbons (Fsp3) is 0.545. The second-order valence-electron chi connectivity index (χ2n) is 8.56. The first-order chi connectivity index (χ1) is 14.2. The summed E-state index contributed by atoms with van der Waals surface area (Å²) in [6.45, 7) is 3.97. The molecule has 3 heterocycles. The van der Waals surface area contributed by atoms with Crippen molar-refractivity contribution in [1.29, 1.82) is 0 Å². The molecular weight excluding hydrogens is 364 g/mol. The Kier molecular flexibility index (Phi) is 4.91. The first-order valence-electron chi connectivity index (χ1n) is 10.9. The summed E-state index contributed by atoms with van der Waals surface area (Å²) in [5, 5.41) is 13.9. The van der Waals surface area contributed by atoms with E-state index in [4.69, 9.17) is 0 Å². The monoisotopic (exact) mass is 392 g/mol. The third kappa shape index (κ3) is 3.48. The van der Waals surface area contributed by atoms with Crippen LogP contribution in [-0.4, -0.2) is 43.2 Å². The molecule has 2 aliphatic rings. The molecule has 1 atom stereocenters. The summed E-state index contributed by atoms with van der Waals surface area (Å²) >= 11 is 0. The van der Waals surface area contributed by atoms with Gasteiger partial charge in [-0.25, -0.2) is 4.68 Å². The lowest BCUT2D eigenvalue weighted by Gasteiger charge is -2.29. The van der Waals surface area contributed by atoms with E-state index in [9.17, 15) is 4.79 Å². The number of hydrogen-bond acceptors (Lipinski definition) is 5. The van der Waals surface area contributed by atoms with E-state index in [0.717, 1.165) is 66.6 Å². The summed E-state index contributed by atoms with van der Waals surface area (Å²) in [6, 6.07) is 8.36. The van der Waals surface area contributed by atoms with E-state index in [1.807, 2.05) is 23.7 Å². The van der Waals surface area contributed by atoms with E-state index >= 15 is 0 Å². The molecule has 0 bridgehead atoms. The van der Waals surface area contributed by atoms with E-state index in [-0.39, 0.29) is 11.6 Å². The van der Waals surface area contributed by atoms with E-state index in [2.05, 4.69) is 37.5 Å². The molecule has 0 amide bonds. The van der Waals surface area contributed by atoms with E-state index in [1.165, 1.54) is 19.3 Å². The first kappa shape index (κ1) is 18.5. The van der Waals surface area contributed by atoms with Gasteiger partial charge < -0.3 is 4.98 Å². The summed E-state index contributed by atoms with van der Waals surface area (Å²) in [7, 11) is 0. The highest BCUT2D eigenvalue weighted by molar-refractivity contribution is 5.79. The number of pyridine rings is 1. The predicted molar refractivity (Wildman–Crippen MR) is 112 cm³/mol. The van der Waals surface area contributed by atoms with Crippen molar-refractivity contribution in [2.75, 3.05) is 13.1 Å². The molecule has 29 heavy (non-hydrogen) atoms. The Labute approximate surface area is 170 Å². The number of nitrogens with one attached hydrogen (secondary N) is 1. The van der Waals surface area contributed by atoms with Crippen molar-refractivity contribution in [3.8, 4) is 0 Å². The molecule has 1 aliphatic heterocycles. The Hall–Kier alpha value is -2.54. The Morgan fingerprint density at radius 2 is 1.86 bits per heavy atom. The average molecular weight is 393 g/mol. The van der Waals surface area contributed by atoms with Crippen LogP contribution in [0, 0.1) is 6.92 Å². The normalized spacial score (nSPS) is 19.8. The molecule has 3 aromatic rings. The van der Waals surface area contributed by atoms with Gasteiger partial charge in [-0.2, -0.15) is 0 Å². The largest absolute Gasteiger partial charge is 0.322 e. The molecule has 152 valence electrons. The quantitative estimate of drug-likeness (QED) is 0.735. The zero-order chi connectivity index (χ0) is 19.8. The predicted octanol–water partition coefficient (Wildman–Crippen LogP) is 3.51. The molecule has 2 fully saturated rings. The second-order valence-corrected chi connectivity index (χ2v) is 8.56. The summed E-state index contributed by atoms with van der Waals surface area (Å²) in [4.78, 5) is 18.6. The first-order valence-corrected chi connectivity index (χ1v) is 10.9. The maximum Gasteiger partial charge on any atom is 0.253 e. The van der Waals surface area contributed by atoms with Gasteiger partial charge in [-0.3, -0.25) is 9.69 Å². The van der Waals surface area contributed by atoms with Crippen LogP contribution in [0.25, 0.3) is 10.9 Å². The SMILES string of the molecule is Cc1ccc2cc(C(c3nnnn3C3CCCCC3)N3CCCC3)c(=O)[nH]c2c1. The molecule has 7 heteroatoms. The summed E-state index contributed by atoms with van der Waals surface area (Å²) in [5.74, 6) is 0.816. The lowest BCUT2D eigenvalue weighted by Crippen LogP contribution is -2.34. The number of aromatic amines is 1. The topological polar surface area (TPSA) is 79.7 Å². The molecule has 1 unspecified atom stereocenters. The number of aromatic nitrogens is 5. The van der Waals surface area contributed by atoms with Crippen molar-refractivity contribution in [3.05, 3.63) is 51.6 Å². The third-order valence-electron chi connectivity index (χ3n) is 6.51. The van der Waals surface area contributed by atoms with Crippen molar-refractivity contribution in [2.24, 2.45) is 0 Å². The number of tetrazole rings is 1. The molecule has 0 spiro atoms.